The summed E-state index contributed by atoms with van der Waals surface area (Å²) in [6.07, 6.45) is 6.21. The summed E-state index contributed by atoms with van der Waals surface area (Å²) in [7, 11) is 0. The molecule has 2 aromatic rings. The lowest BCUT2D eigenvalue weighted by molar-refractivity contribution is 0.221. The molecule has 1 saturated heterocycles. The minimum Gasteiger partial charge on any atom is -0.299 e. The zero-order valence-electron chi connectivity index (χ0n) is 18.3. The molecular formula is C30H31N. The van der Waals surface area contributed by atoms with Gasteiger partial charge in [-0.25, -0.2) is 0 Å². The molecule has 31 heavy (non-hydrogen) atoms. The van der Waals surface area contributed by atoms with Gasteiger partial charge in [-0.05, 0) is 83.8 Å². The molecule has 5 rings (SSSR count). The van der Waals surface area contributed by atoms with Crippen LogP contribution in [0.1, 0.15) is 36.0 Å². The van der Waals surface area contributed by atoms with Gasteiger partial charge in [0.25, 0.3) is 0 Å². The molecule has 0 spiro atoms. The number of aryl methyl sites for hydroxylation is 2. The lowest BCUT2D eigenvalue weighted by Crippen LogP contribution is -2.29. The highest BCUT2D eigenvalue weighted by atomic mass is 15.1. The SMILES string of the molecule is c1ccc(CCc2ccc3c(CN4CCCCC4)cc(-c4ccccc4)c-3cc2)cc1. The van der Waals surface area contributed by atoms with Crippen LogP contribution in [0.4, 0.5) is 0 Å². The minimum absolute atomic E-state index is 1.06. The first-order valence-electron chi connectivity index (χ1n) is 11.7. The van der Waals surface area contributed by atoms with Crippen LogP contribution in [0.5, 0.6) is 0 Å². The fourth-order valence-corrected chi connectivity index (χ4v) is 4.91. The van der Waals surface area contributed by atoms with Crippen LogP contribution in [-0.4, -0.2) is 18.0 Å². The van der Waals surface area contributed by atoms with Crippen LogP contribution in [0.25, 0.3) is 22.3 Å². The molecule has 0 radical (unpaired) electrons. The summed E-state index contributed by atoms with van der Waals surface area (Å²) in [5, 5.41) is 0. The van der Waals surface area contributed by atoms with E-state index in [1.165, 1.54) is 71.3 Å². The van der Waals surface area contributed by atoms with Crippen molar-refractivity contribution in [2.45, 2.75) is 38.6 Å². The van der Waals surface area contributed by atoms with Crippen molar-refractivity contribution in [3.05, 3.63) is 108 Å². The van der Waals surface area contributed by atoms with Crippen LogP contribution >= 0.6 is 0 Å². The van der Waals surface area contributed by atoms with E-state index in [4.69, 9.17) is 0 Å². The topological polar surface area (TPSA) is 3.24 Å². The van der Waals surface area contributed by atoms with Gasteiger partial charge in [-0.1, -0.05) is 91.3 Å². The molecule has 0 saturated carbocycles. The summed E-state index contributed by atoms with van der Waals surface area (Å²) in [5.74, 6) is 0. The van der Waals surface area contributed by atoms with Crippen molar-refractivity contribution in [3.63, 3.8) is 0 Å². The van der Waals surface area contributed by atoms with E-state index >= 15 is 0 Å². The second kappa shape index (κ2) is 9.49. The zero-order valence-corrected chi connectivity index (χ0v) is 18.3. The molecule has 2 aliphatic carbocycles. The van der Waals surface area contributed by atoms with Gasteiger partial charge in [0.1, 0.15) is 0 Å². The largest absolute Gasteiger partial charge is 0.299 e. The van der Waals surface area contributed by atoms with Gasteiger partial charge in [0.15, 0.2) is 0 Å². The highest BCUT2D eigenvalue weighted by Crippen LogP contribution is 2.39. The van der Waals surface area contributed by atoms with Gasteiger partial charge in [-0.2, -0.15) is 0 Å². The Bertz CT molecular complexity index is 1080. The third-order valence-corrected chi connectivity index (χ3v) is 6.65. The average Bonchev–Trinajstić information content (AvgIpc) is 3.03. The Labute approximate surface area is 186 Å². The maximum absolute atomic E-state index is 2.64. The first-order valence-corrected chi connectivity index (χ1v) is 11.7. The molecule has 0 amide bonds. The zero-order chi connectivity index (χ0) is 20.9. The van der Waals surface area contributed by atoms with Crippen LogP contribution in [0.2, 0.25) is 0 Å². The molecule has 0 unspecified atom stereocenters. The third-order valence-electron chi connectivity index (χ3n) is 6.65. The Hall–Kier alpha value is -2.90. The van der Waals surface area contributed by atoms with E-state index in [0.29, 0.717) is 0 Å². The number of hydrogen-bond acceptors (Lipinski definition) is 1. The minimum atomic E-state index is 1.06. The summed E-state index contributed by atoms with van der Waals surface area (Å²) in [5.41, 5.74) is 9.76. The number of rotatable bonds is 6. The van der Waals surface area contributed by atoms with Crippen LogP contribution in [-0.2, 0) is 19.4 Å². The Kier molecular flexibility index (Phi) is 6.13. The predicted octanol–water partition coefficient (Wildman–Crippen LogP) is 7.23. The smallest absolute Gasteiger partial charge is 0.0240 e. The van der Waals surface area contributed by atoms with Crippen LogP contribution in [0.3, 0.4) is 0 Å². The van der Waals surface area contributed by atoms with Crippen LogP contribution < -0.4 is 0 Å². The summed E-state index contributed by atoms with van der Waals surface area (Å²) < 4.78 is 0. The number of benzene rings is 2. The fourth-order valence-electron chi connectivity index (χ4n) is 4.91. The molecule has 1 heteroatoms. The lowest BCUT2D eigenvalue weighted by Gasteiger charge is -2.26. The van der Waals surface area contributed by atoms with Crippen LogP contribution in [0, 0.1) is 0 Å². The van der Waals surface area contributed by atoms with E-state index in [1.807, 2.05) is 0 Å². The van der Waals surface area contributed by atoms with Gasteiger partial charge < -0.3 is 0 Å². The molecule has 1 nitrogen and oxygen atoms in total. The molecule has 0 atom stereocenters. The van der Waals surface area contributed by atoms with Gasteiger partial charge in [0.2, 0.25) is 0 Å². The number of hydrogen-bond donors (Lipinski definition) is 0. The Morgan fingerprint density at radius 1 is 0.548 bits per heavy atom. The van der Waals surface area contributed by atoms with E-state index < -0.39 is 0 Å². The van der Waals surface area contributed by atoms with E-state index in [0.717, 1.165) is 19.4 Å². The molecule has 1 fully saturated rings. The maximum Gasteiger partial charge on any atom is 0.0240 e. The van der Waals surface area contributed by atoms with Crippen LogP contribution in [0.15, 0.2) is 91.0 Å². The number of nitrogens with zero attached hydrogens (tertiary/aromatic N) is 1. The van der Waals surface area contributed by atoms with Gasteiger partial charge in [-0.3, -0.25) is 4.90 Å². The predicted molar refractivity (Wildman–Crippen MR) is 131 cm³/mol. The summed E-state index contributed by atoms with van der Waals surface area (Å²) >= 11 is 0. The third kappa shape index (κ3) is 4.73. The lowest BCUT2D eigenvalue weighted by atomic mass is 10.0. The Morgan fingerprint density at radius 2 is 1.16 bits per heavy atom. The van der Waals surface area contributed by atoms with Gasteiger partial charge in [0, 0.05) is 6.54 Å². The standard InChI is InChI=1S/C30H31N/c1-4-10-24(11-5-1)14-15-25-16-18-28-27(23-31-20-8-3-9-21-31)22-30(29(28)19-17-25)26-12-6-2-7-13-26/h1-2,4-7,10-13,16-19,22H,3,8-9,14-15,20-21,23H2. The molecular weight excluding hydrogens is 374 g/mol. The molecule has 3 aliphatic rings. The average molecular weight is 406 g/mol. The highest BCUT2D eigenvalue weighted by Gasteiger charge is 2.19. The van der Waals surface area contributed by atoms with Crippen molar-refractivity contribution in [1.29, 1.82) is 0 Å². The monoisotopic (exact) mass is 405 g/mol. The number of likely N-dealkylation sites (tertiary alicyclic amines) is 1. The molecule has 0 aromatic heterocycles. The van der Waals surface area contributed by atoms with E-state index in [2.05, 4.69) is 95.9 Å². The van der Waals surface area contributed by atoms with Crippen molar-refractivity contribution in [1.82, 2.24) is 4.90 Å². The van der Waals surface area contributed by atoms with E-state index in [9.17, 15) is 0 Å². The quantitative estimate of drug-likeness (QED) is 0.327. The van der Waals surface area contributed by atoms with Crippen molar-refractivity contribution >= 4 is 0 Å². The number of piperidine rings is 1. The molecule has 156 valence electrons. The first-order chi connectivity index (χ1) is 15.4. The van der Waals surface area contributed by atoms with Crippen molar-refractivity contribution in [3.8, 4) is 22.3 Å². The van der Waals surface area contributed by atoms with Gasteiger partial charge in [-0.15, -0.1) is 0 Å². The molecule has 1 heterocycles. The number of fused-ring (bicyclic) bond motifs is 1. The molecule has 1 aliphatic heterocycles. The highest BCUT2D eigenvalue weighted by molar-refractivity contribution is 5.89. The summed E-state index contributed by atoms with van der Waals surface area (Å²) in [4.78, 5) is 2.64. The van der Waals surface area contributed by atoms with Gasteiger partial charge in [0.05, 0.1) is 0 Å². The van der Waals surface area contributed by atoms with Crippen molar-refractivity contribution < 1.29 is 0 Å². The molecule has 2 aromatic carbocycles. The Morgan fingerprint density at radius 3 is 1.87 bits per heavy atom. The molecule has 0 N–H and O–H groups in total. The van der Waals surface area contributed by atoms with Crippen molar-refractivity contribution in [2.75, 3.05) is 13.1 Å². The second-order valence-electron chi connectivity index (χ2n) is 8.84. The summed E-state index contributed by atoms with van der Waals surface area (Å²) in [6, 6.07) is 33.5. The fraction of sp³-hybridized carbons (Fsp3) is 0.267. The molecule has 0 bridgehead atoms. The normalized spacial score (nSPS) is 14.7. The van der Waals surface area contributed by atoms with E-state index in [1.54, 1.807) is 0 Å². The second-order valence-corrected chi connectivity index (χ2v) is 8.84. The summed E-state index contributed by atoms with van der Waals surface area (Å²) in [6.45, 7) is 3.52. The maximum atomic E-state index is 2.64. The van der Waals surface area contributed by atoms with Crippen molar-refractivity contribution in [2.24, 2.45) is 0 Å². The Balaban J connectivity index is 1.48. The van der Waals surface area contributed by atoms with E-state index in [-0.39, 0.29) is 0 Å². The van der Waals surface area contributed by atoms with Gasteiger partial charge >= 0.3 is 0 Å². The first kappa shape index (κ1) is 20.0.